The van der Waals surface area contributed by atoms with E-state index in [-0.39, 0.29) is 47.4 Å². The van der Waals surface area contributed by atoms with Gasteiger partial charge in [-0.25, -0.2) is 0 Å². The molecule has 4 rings (SSSR count). The van der Waals surface area contributed by atoms with Crippen LogP contribution < -0.4 is 5.32 Å². The molecule has 1 amide bonds. The van der Waals surface area contributed by atoms with E-state index in [9.17, 15) is 14.4 Å². The predicted octanol–water partition coefficient (Wildman–Crippen LogP) is 3.62. The highest BCUT2D eigenvalue weighted by molar-refractivity contribution is 5.77. The second-order valence-electron chi connectivity index (χ2n) is 10.6. The van der Waals surface area contributed by atoms with Crippen LogP contribution in [0.3, 0.4) is 0 Å². The SMILES string of the molecule is CC(=O)OC1CCC2(C)C(CCC3C4CCC(C(C)OC(C)=O)C4NC(=O)CC32)C1. The maximum Gasteiger partial charge on any atom is 0.302 e. The molecule has 0 spiro atoms. The summed E-state index contributed by atoms with van der Waals surface area (Å²) in [7, 11) is 0. The zero-order valence-corrected chi connectivity index (χ0v) is 18.8. The number of rotatable bonds is 3. The van der Waals surface area contributed by atoms with Crippen molar-refractivity contribution in [3.63, 3.8) is 0 Å². The molecule has 9 atom stereocenters. The van der Waals surface area contributed by atoms with E-state index in [2.05, 4.69) is 12.2 Å². The van der Waals surface area contributed by atoms with Gasteiger partial charge in [0.15, 0.2) is 0 Å². The monoisotopic (exact) mass is 419 g/mol. The van der Waals surface area contributed by atoms with Crippen LogP contribution in [0.4, 0.5) is 0 Å². The van der Waals surface area contributed by atoms with Crippen molar-refractivity contribution < 1.29 is 23.9 Å². The summed E-state index contributed by atoms with van der Waals surface area (Å²) in [6.45, 7) is 7.31. The first kappa shape index (κ1) is 21.6. The molecule has 0 aromatic carbocycles. The van der Waals surface area contributed by atoms with Gasteiger partial charge in [0.1, 0.15) is 12.2 Å². The summed E-state index contributed by atoms with van der Waals surface area (Å²) < 4.78 is 11.1. The van der Waals surface area contributed by atoms with Gasteiger partial charge in [-0.2, -0.15) is 0 Å². The molecular weight excluding hydrogens is 382 g/mol. The molecule has 6 nitrogen and oxygen atoms in total. The molecule has 6 heteroatoms. The van der Waals surface area contributed by atoms with E-state index >= 15 is 0 Å². The van der Waals surface area contributed by atoms with E-state index in [0.717, 1.165) is 44.9 Å². The van der Waals surface area contributed by atoms with Crippen molar-refractivity contribution in [2.24, 2.45) is 35.0 Å². The molecule has 4 fully saturated rings. The molecule has 30 heavy (non-hydrogen) atoms. The Hall–Kier alpha value is -1.59. The molecule has 1 saturated heterocycles. The zero-order chi connectivity index (χ0) is 21.6. The van der Waals surface area contributed by atoms with Gasteiger partial charge in [0.2, 0.25) is 5.91 Å². The minimum absolute atomic E-state index is 0.0323. The normalized spacial score (nSPS) is 43.9. The van der Waals surface area contributed by atoms with Crippen LogP contribution in [0.2, 0.25) is 0 Å². The molecule has 0 aromatic heterocycles. The summed E-state index contributed by atoms with van der Waals surface area (Å²) in [5.41, 5.74) is 0.130. The highest BCUT2D eigenvalue weighted by atomic mass is 16.5. The van der Waals surface area contributed by atoms with Crippen molar-refractivity contribution in [1.29, 1.82) is 0 Å². The van der Waals surface area contributed by atoms with Gasteiger partial charge >= 0.3 is 11.9 Å². The van der Waals surface area contributed by atoms with Gasteiger partial charge < -0.3 is 14.8 Å². The molecule has 0 bridgehead atoms. The highest BCUT2D eigenvalue weighted by Gasteiger charge is 2.57. The fourth-order valence-electron chi connectivity index (χ4n) is 7.72. The molecule has 4 aliphatic rings. The maximum atomic E-state index is 13.0. The van der Waals surface area contributed by atoms with Crippen LogP contribution in [0.15, 0.2) is 0 Å². The van der Waals surface area contributed by atoms with Crippen LogP contribution in [0.5, 0.6) is 0 Å². The van der Waals surface area contributed by atoms with Gasteiger partial charge in [-0.05, 0) is 81.0 Å². The van der Waals surface area contributed by atoms with Crippen LogP contribution >= 0.6 is 0 Å². The number of amides is 1. The molecule has 1 N–H and O–H groups in total. The molecule has 0 radical (unpaired) electrons. The van der Waals surface area contributed by atoms with E-state index in [1.165, 1.54) is 13.8 Å². The number of nitrogens with one attached hydrogen (secondary N) is 1. The van der Waals surface area contributed by atoms with Crippen molar-refractivity contribution >= 4 is 17.8 Å². The van der Waals surface area contributed by atoms with Gasteiger partial charge in [0, 0.05) is 32.2 Å². The smallest absolute Gasteiger partial charge is 0.302 e. The minimum Gasteiger partial charge on any atom is -0.463 e. The van der Waals surface area contributed by atoms with Crippen molar-refractivity contribution in [2.45, 2.75) is 97.3 Å². The number of ether oxygens (including phenoxy) is 2. The Morgan fingerprint density at radius 2 is 1.80 bits per heavy atom. The van der Waals surface area contributed by atoms with Gasteiger partial charge in [0.05, 0.1) is 0 Å². The lowest BCUT2D eigenvalue weighted by Gasteiger charge is -2.55. The van der Waals surface area contributed by atoms with Crippen molar-refractivity contribution in [3.8, 4) is 0 Å². The van der Waals surface area contributed by atoms with E-state index in [0.29, 0.717) is 30.1 Å². The zero-order valence-electron chi connectivity index (χ0n) is 18.8. The van der Waals surface area contributed by atoms with E-state index in [1.54, 1.807) is 0 Å². The average molecular weight is 420 g/mol. The molecule has 3 saturated carbocycles. The Morgan fingerprint density at radius 3 is 2.50 bits per heavy atom. The third kappa shape index (κ3) is 3.87. The number of carbonyl (C=O) groups is 3. The third-order valence-corrected chi connectivity index (χ3v) is 9.02. The van der Waals surface area contributed by atoms with Crippen LogP contribution in [0, 0.1) is 35.0 Å². The quantitative estimate of drug-likeness (QED) is 0.707. The summed E-state index contributed by atoms with van der Waals surface area (Å²) in [5.74, 6) is 1.82. The van der Waals surface area contributed by atoms with E-state index in [4.69, 9.17) is 9.47 Å². The largest absolute Gasteiger partial charge is 0.463 e. The molecule has 168 valence electrons. The summed E-state index contributed by atoms with van der Waals surface area (Å²) in [5, 5.41) is 3.35. The summed E-state index contributed by atoms with van der Waals surface area (Å²) >= 11 is 0. The molecule has 1 heterocycles. The second kappa shape index (κ2) is 8.16. The third-order valence-electron chi connectivity index (χ3n) is 9.02. The number of esters is 2. The summed E-state index contributed by atoms with van der Waals surface area (Å²) in [4.78, 5) is 35.9. The van der Waals surface area contributed by atoms with Gasteiger partial charge in [-0.3, -0.25) is 14.4 Å². The lowest BCUT2D eigenvalue weighted by molar-refractivity contribution is -0.155. The number of hydrogen-bond donors (Lipinski definition) is 1. The Labute approximate surface area is 179 Å². The van der Waals surface area contributed by atoms with Crippen LogP contribution in [0.25, 0.3) is 0 Å². The number of carbonyl (C=O) groups excluding carboxylic acids is 3. The lowest BCUT2D eigenvalue weighted by Crippen LogP contribution is -2.50. The molecule has 3 aliphatic carbocycles. The lowest BCUT2D eigenvalue weighted by atomic mass is 9.50. The Bertz CT molecular complexity index is 708. The van der Waals surface area contributed by atoms with Crippen LogP contribution in [0.1, 0.15) is 79.1 Å². The average Bonchev–Trinajstić information content (AvgIpc) is 2.99. The van der Waals surface area contributed by atoms with Gasteiger partial charge in [-0.1, -0.05) is 6.92 Å². The van der Waals surface area contributed by atoms with Crippen molar-refractivity contribution in [2.75, 3.05) is 0 Å². The summed E-state index contributed by atoms with van der Waals surface area (Å²) in [6.07, 6.45) is 7.71. The van der Waals surface area contributed by atoms with Gasteiger partial charge in [-0.15, -0.1) is 0 Å². The standard InChI is InChI=1S/C24H37NO5/c1-13(29-14(2)26)18-7-8-20-19-6-5-16-11-17(30-15(3)27)9-10-24(16,4)21(19)12-22(28)25-23(18)20/h13,16-21,23H,5-12H2,1-4H3,(H,25,28). The van der Waals surface area contributed by atoms with E-state index < -0.39 is 0 Å². The highest BCUT2D eigenvalue weighted by Crippen LogP contribution is 2.60. The molecule has 1 aliphatic heterocycles. The Kier molecular flexibility index (Phi) is 5.88. The molecule has 9 unspecified atom stereocenters. The molecular formula is C24H37NO5. The Balaban J connectivity index is 1.54. The number of hydrogen-bond acceptors (Lipinski definition) is 5. The van der Waals surface area contributed by atoms with Crippen molar-refractivity contribution in [3.05, 3.63) is 0 Å². The first-order valence-electron chi connectivity index (χ1n) is 11.8. The molecule has 0 aromatic rings. The topological polar surface area (TPSA) is 81.7 Å². The van der Waals surface area contributed by atoms with Crippen molar-refractivity contribution in [1.82, 2.24) is 5.32 Å². The van der Waals surface area contributed by atoms with E-state index in [1.807, 2.05) is 6.92 Å². The fraction of sp³-hybridized carbons (Fsp3) is 0.875. The van der Waals surface area contributed by atoms with Crippen LogP contribution in [-0.4, -0.2) is 36.1 Å². The Morgan fingerprint density at radius 1 is 1.07 bits per heavy atom. The first-order chi connectivity index (χ1) is 14.2. The number of fused-ring (bicyclic) bond motifs is 5. The maximum absolute atomic E-state index is 13.0. The van der Waals surface area contributed by atoms with Gasteiger partial charge in [0.25, 0.3) is 0 Å². The predicted molar refractivity (Wildman–Crippen MR) is 111 cm³/mol. The summed E-state index contributed by atoms with van der Waals surface area (Å²) in [6, 6.07) is 0.111. The first-order valence-corrected chi connectivity index (χ1v) is 11.8. The second-order valence-corrected chi connectivity index (χ2v) is 10.6. The fourth-order valence-corrected chi connectivity index (χ4v) is 7.72. The van der Waals surface area contributed by atoms with Crippen LogP contribution in [-0.2, 0) is 23.9 Å². The minimum atomic E-state index is -0.249.